The van der Waals surface area contributed by atoms with Gasteiger partial charge in [0.15, 0.2) is 14.4 Å². The van der Waals surface area contributed by atoms with Crippen LogP contribution >= 0.6 is 0 Å². The number of ether oxygens (including phenoxy) is 2. The number of nitrogens with zero attached hydrogens (tertiary/aromatic N) is 1. The normalized spacial score (nSPS) is 24.9. The predicted molar refractivity (Wildman–Crippen MR) is 87.7 cm³/mol. The largest absolute Gasteiger partial charge is 0.409 e. The molecule has 4 nitrogen and oxygen atoms in total. The molecule has 0 aromatic heterocycles. The van der Waals surface area contributed by atoms with Gasteiger partial charge in [-0.1, -0.05) is 36.4 Å². The lowest BCUT2D eigenvalue weighted by atomic mass is 10.1. The van der Waals surface area contributed by atoms with Gasteiger partial charge in [-0.05, 0) is 31.3 Å². The molecule has 0 radical (unpaired) electrons. The number of hydrogen-bond acceptors (Lipinski definition) is 4. The fourth-order valence-corrected chi connectivity index (χ4v) is 3.29. The molecule has 0 fully saturated rings. The summed E-state index contributed by atoms with van der Waals surface area (Å²) in [5, 5.41) is 9.03. The second-order valence-electron chi connectivity index (χ2n) is 6.30. The van der Waals surface area contributed by atoms with Crippen LogP contribution in [0, 0.1) is 11.3 Å². The molecule has 0 bridgehead atoms. The molecule has 1 aromatic carbocycles. The molecule has 0 amide bonds. The van der Waals surface area contributed by atoms with Gasteiger partial charge in [0, 0.05) is 0 Å². The van der Waals surface area contributed by atoms with E-state index in [1.807, 2.05) is 36.4 Å². The summed E-state index contributed by atoms with van der Waals surface area (Å²) in [6, 6.07) is 12.1. The lowest BCUT2D eigenvalue weighted by molar-refractivity contribution is -0.0780. The Balaban J connectivity index is 1.93. The molecule has 1 heterocycles. The molecule has 0 saturated carbocycles. The summed E-state index contributed by atoms with van der Waals surface area (Å²) >= 11 is 0. The zero-order valence-corrected chi connectivity index (χ0v) is 14.4. The van der Waals surface area contributed by atoms with Crippen molar-refractivity contribution < 1.29 is 13.9 Å². The molecule has 0 spiro atoms. The minimum absolute atomic E-state index is 0.146. The van der Waals surface area contributed by atoms with Crippen LogP contribution < -0.4 is 0 Å². The molecule has 22 heavy (non-hydrogen) atoms. The van der Waals surface area contributed by atoms with Crippen molar-refractivity contribution in [2.24, 2.45) is 0 Å². The van der Waals surface area contributed by atoms with E-state index in [0.29, 0.717) is 13.2 Å². The summed E-state index contributed by atoms with van der Waals surface area (Å²) in [7, 11) is -1.69. The average Bonchev–Trinajstić information content (AvgIpc) is 2.48. The third kappa shape index (κ3) is 5.39. The summed E-state index contributed by atoms with van der Waals surface area (Å²) in [5.74, 6) is 0. The van der Waals surface area contributed by atoms with Crippen molar-refractivity contribution in [1.29, 1.82) is 5.26 Å². The molecule has 118 valence electrons. The summed E-state index contributed by atoms with van der Waals surface area (Å²) in [6.45, 7) is 7.35. The number of hydrogen-bond donors (Lipinski definition) is 0. The van der Waals surface area contributed by atoms with Gasteiger partial charge in [0.2, 0.25) is 0 Å². The molecule has 3 atom stereocenters. The summed E-state index contributed by atoms with van der Waals surface area (Å²) < 4.78 is 17.6. The van der Waals surface area contributed by atoms with Gasteiger partial charge < -0.3 is 13.9 Å². The molecule has 1 aromatic rings. The Labute approximate surface area is 133 Å². The highest BCUT2D eigenvalue weighted by Crippen LogP contribution is 2.20. The zero-order valence-electron chi connectivity index (χ0n) is 13.4. The Morgan fingerprint density at radius 3 is 2.55 bits per heavy atom. The lowest BCUT2D eigenvalue weighted by Crippen LogP contribution is -2.44. The maximum absolute atomic E-state index is 9.03. The van der Waals surface area contributed by atoms with Crippen molar-refractivity contribution in [2.45, 2.75) is 44.6 Å². The molecule has 0 N–H and O–H groups in total. The molecular formula is C17H23NO3Si. The fourth-order valence-electron chi connectivity index (χ4n) is 2.24. The summed E-state index contributed by atoms with van der Waals surface area (Å²) in [6.07, 6.45) is 2.79. The van der Waals surface area contributed by atoms with Crippen molar-refractivity contribution in [2.75, 3.05) is 6.61 Å². The van der Waals surface area contributed by atoms with Crippen LogP contribution in [0.25, 0.3) is 0 Å². The topological polar surface area (TPSA) is 51.5 Å². The maximum atomic E-state index is 9.03. The minimum atomic E-state index is -1.69. The van der Waals surface area contributed by atoms with Gasteiger partial charge in [-0.2, -0.15) is 5.26 Å². The number of nitriles is 1. The predicted octanol–water partition coefficient (Wildman–Crippen LogP) is 3.27. The van der Waals surface area contributed by atoms with Gasteiger partial charge in [-0.25, -0.2) is 0 Å². The highest BCUT2D eigenvalue weighted by atomic mass is 28.4. The Morgan fingerprint density at radius 2 is 1.91 bits per heavy atom. The first-order chi connectivity index (χ1) is 10.5. The third-order valence-corrected chi connectivity index (χ3v) is 4.15. The monoisotopic (exact) mass is 317 g/mol. The van der Waals surface area contributed by atoms with Gasteiger partial charge in [0.05, 0.1) is 25.4 Å². The van der Waals surface area contributed by atoms with E-state index in [-0.39, 0.29) is 12.2 Å². The second-order valence-corrected chi connectivity index (χ2v) is 10.8. The Bertz CT molecular complexity index is 533. The Kier molecular flexibility index (Phi) is 5.92. The third-order valence-electron chi connectivity index (χ3n) is 3.17. The van der Waals surface area contributed by atoms with Crippen LogP contribution in [0.3, 0.4) is 0 Å². The fraction of sp³-hybridized carbons (Fsp3) is 0.471. The zero-order chi connectivity index (χ0) is 16.0. The van der Waals surface area contributed by atoms with Crippen molar-refractivity contribution in [3.05, 3.63) is 48.0 Å². The molecule has 1 aliphatic heterocycles. The highest BCUT2D eigenvalue weighted by molar-refractivity contribution is 6.69. The SMILES string of the molecule is C[Si](C)(C)O[C@H]1C=C[C@@H](C#N)O[C@@H]1COCc1ccccc1. The van der Waals surface area contributed by atoms with Crippen LogP contribution in [0.5, 0.6) is 0 Å². The lowest BCUT2D eigenvalue weighted by Gasteiger charge is -2.34. The first-order valence-corrected chi connectivity index (χ1v) is 10.9. The van der Waals surface area contributed by atoms with E-state index in [1.54, 1.807) is 6.08 Å². The number of benzene rings is 1. The van der Waals surface area contributed by atoms with Crippen LogP contribution in [0.2, 0.25) is 19.6 Å². The van der Waals surface area contributed by atoms with Gasteiger partial charge in [-0.3, -0.25) is 0 Å². The van der Waals surface area contributed by atoms with E-state index >= 15 is 0 Å². The molecule has 0 saturated heterocycles. The molecule has 1 aliphatic rings. The van der Waals surface area contributed by atoms with Gasteiger partial charge in [-0.15, -0.1) is 0 Å². The first kappa shape index (κ1) is 16.9. The van der Waals surface area contributed by atoms with E-state index in [9.17, 15) is 0 Å². The van der Waals surface area contributed by atoms with E-state index in [4.69, 9.17) is 19.2 Å². The van der Waals surface area contributed by atoms with E-state index < -0.39 is 14.4 Å². The first-order valence-electron chi connectivity index (χ1n) is 7.51. The smallest absolute Gasteiger partial charge is 0.184 e. The maximum Gasteiger partial charge on any atom is 0.184 e. The second kappa shape index (κ2) is 7.70. The van der Waals surface area contributed by atoms with Crippen molar-refractivity contribution in [3.63, 3.8) is 0 Å². The quantitative estimate of drug-likeness (QED) is 0.597. The van der Waals surface area contributed by atoms with Crippen molar-refractivity contribution in [3.8, 4) is 6.07 Å². The van der Waals surface area contributed by atoms with E-state index in [0.717, 1.165) is 5.56 Å². The Hall–Kier alpha value is -1.45. The van der Waals surface area contributed by atoms with Crippen LogP contribution in [0.15, 0.2) is 42.5 Å². The van der Waals surface area contributed by atoms with Crippen molar-refractivity contribution in [1.82, 2.24) is 0 Å². The van der Waals surface area contributed by atoms with Crippen LogP contribution in [-0.4, -0.2) is 33.2 Å². The number of rotatable bonds is 6. The molecule has 2 rings (SSSR count). The van der Waals surface area contributed by atoms with Gasteiger partial charge in [0.25, 0.3) is 0 Å². The highest BCUT2D eigenvalue weighted by Gasteiger charge is 2.31. The molecule has 5 heteroatoms. The van der Waals surface area contributed by atoms with E-state index in [2.05, 4.69) is 25.7 Å². The van der Waals surface area contributed by atoms with Gasteiger partial charge in [0.1, 0.15) is 6.10 Å². The molecule has 0 aliphatic carbocycles. The summed E-state index contributed by atoms with van der Waals surface area (Å²) in [4.78, 5) is 0. The summed E-state index contributed by atoms with van der Waals surface area (Å²) in [5.41, 5.74) is 1.12. The van der Waals surface area contributed by atoms with Crippen molar-refractivity contribution >= 4 is 8.32 Å². The molecular weight excluding hydrogens is 294 g/mol. The standard InChI is InChI=1S/C17H23NO3Si/c1-22(2,3)21-16-10-9-15(11-18)20-17(16)13-19-12-14-7-5-4-6-8-14/h4-10,15-17H,12-13H2,1-3H3/t15-,16-,17+/m0/s1. The van der Waals surface area contributed by atoms with Crippen LogP contribution in [0.1, 0.15) is 5.56 Å². The van der Waals surface area contributed by atoms with Gasteiger partial charge >= 0.3 is 0 Å². The average molecular weight is 317 g/mol. The minimum Gasteiger partial charge on any atom is -0.409 e. The van der Waals surface area contributed by atoms with Crippen LogP contribution in [-0.2, 0) is 20.5 Å². The Morgan fingerprint density at radius 1 is 1.18 bits per heavy atom. The molecule has 0 unspecified atom stereocenters. The van der Waals surface area contributed by atoms with Crippen LogP contribution in [0.4, 0.5) is 0 Å². The van der Waals surface area contributed by atoms with E-state index in [1.165, 1.54) is 0 Å².